The number of aliphatic hydroxyl groups is 1. The first-order valence-electron chi connectivity index (χ1n) is 39.2. The molecule has 3 fully saturated rings. The maximum atomic E-state index is 9.80. The zero-order valence-electron chi connectivity index (χ0n) is 67.2. The van der Waals surface area contributed by atoms with Crippen LogP contribution in [0.15, 0.2) is 165 Å². The van der Waals surface area contributed by atoms with Gasteiger partial charge in [0.1, 0.15) is 34.5 Å². The number of aromatic nitrogens is 12. The van der Waals surface area contributed by atoms with Gasteiger partial charge < -0.3 is 74.0 Å². The summed E-state index contributed by atoms with van der Waals surface area (Å²) in [5, 5.41) is 34.2. The predicted octanol–water partition coefficient (Wildman–Crippen LogP) is 15.9. The molecule has 15 rings (SSSR count). The quantitative estimate of drug-likeness (QED) is 0.0355. The van der Waals surface area contributed by atoms with Crippen molar-refractivity contribution in [2.45, 2.75) is 126 Å². The maximum absolute atomic E-state index is 9.80. The molecule has 4 N–H and O–H groups in total. The highest BCUT2D eigenvalue weighted by molar-refractivity contribution is 5.86. The monoisotopic (exact) mass is 1600 g/mol. The average molecular weight is 1600 g/mol. The van der Waals surface area contributed by atoms with E-state index in [1.807, 2.05) is 121 Å². The van der Waals surface area contributed by atoms with Crippen LogP contribution in [0.2, 0.25) is 0 Å². The van der Waals surface area contributed by atoms with Crippen LogP contribution in [0.3, 0.4) is 0 Å². The Balaban J connectivity index is 0.000000197. The van der Waals surface area contributed by atoms with Crippen LogP contribution in [0.4, 0.5) is 34.1 Å². The largest absolute Gasteiger partial charge is 0.497 e. The third-order valence-electron chi connectivity index (χ3n) is 21.1. The Bertz CT molecular complexity index is 5020. The zero-order valence-corrected chi connectivity index (χ0v) is 67.2. The molecule has 0 aliphatic carbocycles. The van der Waals surface area contributed by atoms with Gasteiger partial charge >= 0.3 is 0 Å². The summed E-state index contributed by atoms with van der Waals surface area (Å²) in [5.74, 6) is 4.34. The number of benzene rings is 6. The van der Waals surface area contributed by atoms with E-state index in [9.17, 15) is 5.11 Å². The van der Waals surface area contributed by atoms with Gasteiger partial charge in [0.15, 0.2) is 0 Å². The number of fused-ring (bicyclic) bond motifs is 3. The van der Waals surface area contributed by atoms with E-state index in [4.69, 9.17) is 53.3 Å². The van der Waals surface area contributed by atoms with E-state index in [0.29, 0.717) is 48.3 Å². The summed E-state index contributed by atoms with van der Waals surface area (Å²) < 4.78 is 39.4. The van der Waals surface area contributed by atoms with Crippen molar-refractivity contribution in [2.75, 3.05) is 150 Å². The molecule has 27 heteroatoms. The van der Waals surface area contributed by atoms with Crippen LogP contribution in [0.25, 0.3) is 66.9 Å². The van der Waals surface area contributed by atoms with Crippen molar-refractivity contribution in [3.8, 4) is 68.3 Å². The molecule has 6 aromatic carbocycles. The fourth-order valence-corrected chi connectivity index (χ4v) is 14.6. The number of aliphatic hydroxyl groups excluding tert-OH is 1. The molecule has 0 atom stereocenters. The second kappa shape index (κ2) is 42.7. The lowest BCUT2D eigenvalue weighted by Crippen LogP contribution is -2.32. The molecule has 0 unspecified atom stereocenters. The summed E-state index contributed by atoms with van der Waals surface area (Å²) in [6, 6.07) is 38.0. The van der Waals surface area contributed by atoms with Gasteiger partial charge in [0, 0.05) is 169 Å². The summed E-state index contributed by atoms with van der Waals surface area (Å²) in [6.45, 7) is 18.6. The number of methoxy groups -OCH3 is 6. The molecule has 3 aliphatic heterocycles. The van der Waals surface area contributed by atoms with Gasteiger partial charge in [-0.15, -0.1) is 0 Å². The third kappa shape index (κ3) is 22.8. The van der Waals surface area contributed by atoms with Gasteiger partial charge in [0.05, 0.1) is 155 Å². The van der Waals surface area contributed by atoms with Gasteiger partial charge in [-0.1, -0.05) is 57.4 Å². The van der Waals surface area contributed by atoms with Gasteiger partial charge in [-0.3, -0.25) is 29.0 Å². The lowest BCUT2D eigenvalue weighted by Gasteiger charge is -2.28. The Morgan fingerprint density at radius 1 is 0.385 bits per heavy atom. The molecular formula is C90H124N20O7. The predicted molar refractivity (Wildman–Crippen MR) is 475 cm³/mol. The number of hydrogen-bond donors (Lipinski definition) is 4. The molecule has 626 valence electrons. The van der Waals surface area contributed by atoms with Crippen LogP contribution in [-0.2, 0) is 0 Å². The van der Waals surface area contributed by atoms with E-state index in [1.165, 1.54) is 0 Å². The summed E-state index contributed by atoms with van der Waals surface area (Å²) in [7, 11) is 14.3. The number of nitrogens with one attached hydrogen (secondary N) is 3. The summed E-state index contributed by atoms with van der Waals surface area (Å²) in [5.41, 5.74) is 16.1. The summed E-state index contributed by atoms with van der Waals surface area (Å²) >= 11 is 0. The van der Waals surface area contributed by atoms with Crippen LogP contribution < -0.4 is 59.1 Å². The Labute approximate surface area is 691 Å². The molecule has 3 aliphatic rings. The van der Waals surface area contributed by atoms with Crippen molar-refractivity contribution in [1.82, 2.24) is 85.0 Å². The normalized spacial score (nSPS) is 14.1. The highest BCUT2D eigenvalue weighted by Crippen LogP contribution is 2.39. The third-order valence-corrected chi connectivity index (χ3v) is 21.1. The van der Waals surface area contributed by atoms with Gasteiger partial charge in [-0.2, -0.15) is 15.3 Å². The summed E-state index contributed by atoms with van der Waals surface area (Å²) in [6.07, 6.45) is 24.0. The number of rotatable bonds is 28. The molecule has 9 heterocycles. The van der Waals surface area contributed by atoms with Crippen molar-refractivity contribution < 1.29 is 33.5 Å². The topological polar surface area (TPSA) is 259 Å². The van der Waals surface area contributed by atoms with Crippen LogP contribution in [0.1, 0.15) is 114 Å². The van der Waals surface area contributed by atoms with E-state index in [-0.39, 0.29) is 36.3 Å². The van der Waals surface area contributed by atoms with Crippen LogP contribution in [0, 0.1) is 0 Å². The number of ether oxygens (including phenoxy) is 6. The summed E-state index contributed by atoms with van der Waals surface area (Å²) in [4.78, 5) is 40.3. The highest BCUT2D eigenvalue weighted by Gasteiger charge is 2.25. The molecule has 0 spiro atoms. The van der Waals surface area contributed by atoms with Crippen LogP contribution >= 0.6 is 0 Å². The first-order chi connectivity index (χ1) is 55.0. The average Bonchev–Trinajstić information content (AvgIpc) is 1.45. The number of hydrogen-bond acceptors (Lipinski definition) is 24. The van der Waals surface area contributed by atoms with Crippen molar-refractivity contribution in [3.63, 3.8) is 0 Å². The molecule has 27 nitrogen and oxygen atoms in total. The molecule has 6 aromatic heterocycles. The Hall–Kier alpha value is -11.1. The smallest absolute Gasteiger partial charge is 0.124 e. The first-order valence-corrected chi connectivity index (χ1v) is 39.2. The lowest BCUT2D eigenvalue weighted by atomic mass is 10.1. The fourth-order valence-electron chi connectivity index (χ4n) is 14.6. The molecule has 12 aromatic rings. The molecule has 3 saturated heterocycles. The Kier molecular flexibility index (Phi) is 32.8. The molecule has 0 bridgehead atoms. The van der Waals surface area contributed by atoms with Crippen molar-refractivity contribution in [2.24, 2.45) is 0 Å². The first kappa shape index (κ1) is 89.9. The molecule has 0 saturated carbocycles. The molecular weight excluding hydrogens is 1470 g/mol. The van der Waals surface area contributed by atoms with Crippen molar-refractivity contribution >= 4 is 67.2 Å². The van der Waals surface area contributed by atoms with Gasteiger partial charge in [0.2, 0.25) is 0 Å². The number of likely N-dealkylation sites (tertiary alicyclic amines) is 2. The SMILES string of the molecule is C.C.C.C.COc1cc(OC)cc(N(CCNC(C)C)c2ccc3ncc(-c4cnn(C5CCN(C)CC5)c4)nc3c2)c1.COc1cc(OC)cc(N(CCNC(C)C)c2ccc3ncc(-c4cnn(C5CCNCC5)c4)nc3c2)c1.COc1cc(OC)cc(N(CCO)c2ccc3ncc(-c4cnn(C5CCN(C)CC5)c4)nc3c2)c1. The van der Waals surface area contributed by atoms with E-state index in [1.54, 1.807) is 48.9 Å². The minimum absolute atomic E-state index is 0. The molecule has 117 heavy (non-hydrogen) atoms. The number of piperidine rings is 3. The number of anilines is 6. The second-order valence-electron chi connectivity index (χ2n) is 29.6. The van der Waals surface area contributed by atoms with Gasteiger partial charge in [-0.05, 0) is 146 Å². The van der Waals surface area contributed by atoms with E-state index in [0.717, 1.165) is 228 Å². The van der Waals surface area contributed by atoms with E-state index < -0.39 is 0 Å². The lowest BCUT2D eigenvalue weighted by molar-refractivity contribution is 0.212. The minimum Gasteiger partial charge on any atom is -0.497 e. The van der Waals surface area contributed by atoms with Crippen molar-refractivity contribution in [3.05, 3.63) is 165 Å². The fraction of sp³-hybridized carbons (Fsp3) is 0.433. The van der Waals surface area contributed by atoms with E-state index >= 15 is 0 Å². The Morgan fingerprint density at radius 2 is 0.675 bits per heavy atom. The second-order valence-corrected chi connectivity index (χ2v) is 29.6. The minimum atomic E-state index is -0.0145. The van der Waals surface area contributed by atoms with Crippen molar-refractivity contribution in [1.29, 1.82) is 0 Å². The van der Waals surface area contributed by atoms with Crippen LogP contribution in [-0.4, -0.2) is 222 Å². The Morgan fingerprint density at radius 3 is 0.957 bits per heavy atom. The standard InChI is InChI=1S/C30H39N7O2.C29H37N7O2.C27H32N6O3.4CH4/c1-21(2)31-10-13-36(25-14-26(38-4)17-27(15-25)39-5)24-6-7-28-29(16-24)34-30(19-32-28)22-18-33-37(20-22)23-8-11-35(3)12-9-23;1-20(2)31-11-12-35(24-13-25(37-3)16-26(14-24)38-4)23-5-6-27-28(15-23)34-29(18-32-27)21-17-33-36(19-21)22-7-9-30-10-8-22;1-31-8-6-20(7-9-31)33-18-19(16-29-33)27-17-28-25-5-4-21(14-26(25)30-27)32(10-11-34)22-12-23(35-2)15-24(13-22)36-3;;;;/h6-7,14-21,23,31H,8-13H2,1-5H3;5-6,13-20,22,30-31H,7-12H2,1-4H3;4-5,12-18,20,34H,6-11H2,1-3H3;4*1H4. The maximum Gasteiger partial charge on any atom is 0.124 e. The molecule has 0 radical (unpaired) electrons. The number of nitrogens with zero attached hydrogens (tertiary/aromatic N) is 17. The van der Waals surface area contributed by atoms with E-state index in [2.05, 4.69) is 155 Å². The highest BCUT2D eigenvalue weighted by atomic mass is 16.5. The molecule has 0 amide bonds. The van der Waals surface area contributed by atoms with Gasteiger partial charge in [-0.25, -0.2) is 15.0 Å². The van der Waals surface area contributed by atoms with Crippen LogP contribution in [0.5, 0.6) is 34.5 Å². The zero-order chi connectivity index (χ0) is 78.9. The van der Waals surface area contributed by atoms with Gasteiger partial charge in [0.25, 0.3) is 0 Å².